The van der Waals surface area contributed by atoms with E-state index < -0.39 is 0 Å². The van der Waals surface area contributed by atoms with Crippen molar-refractivity contribution in [1.29, 1.82) is 0 Å². The highest BCUT2D eigenvalue weighted by Crippen LogP contribution is 2.12. The number of benzene rings is 1. The predicted octanol–water partition coefficient (Wildman–Crippen LogP) is 2.62. The van der Waals surface area contributed by atoms with Crippen LogP contribution in [-0.4, -0.2) is 13.1 Å². The van der Waals surface area contributed by atoms with Crippen LogP contribution < -0.4 is 5.32 Å². The van der Waals surface area contributed by atoms with Crippen LogP contribution in [0, 0.1) is 5.82 Å². The van der Waals surface area contributed by atoms with Gasteiger partial charge in [-0.05, 0) is 30.7 Å². The van der Waals surface area contributed by atoms with Crippen molar-refractivity contribution in [2.75, 3.05) is 13.1 Å². The Morgan fingerprint density at radius 3 is 2.50 bits per heavy atom. The SMILES string of the molecule is Cl.Fc1ccc(C=C2CCNC2)cc1. The molecule has 0 aliphatic carbocycles. The lowest BCUT2D eigenvalue weighted by atomic mass is 10.1. The Kier molecular flexibility index (Phi) is 4.11. The highest BCUT2D eigenvalue weighted by Gasteiger charge is 2.04. The maximum atomic E-state index is 12.6. The van der Waals surface area contributed by atoms with Crippen molar-refractivity contribution in [3.63, 3.8) is 0 Å². The minimum atomic E-state index is -0.174. The summed E-state index contributed by atoms with van der Waals surface area (Å²) in [6.07, 6.45) is 3.23. The van der Waals surface area contributed by atoms with Gasteiger partial charge in [0, 0.05) is 6.54 Å². The first-order valence-corrected chi connectivity index (χ1v) is 4.50. The van der Waals surface area contributed by atoms with Crippen LogP contribution >= 0.6 is 12.4 Å². The normalized spacial score (nSPS) is 18.2. The van der Waals surface area contributed by atoms with E-state index in [2.05, 4.69) is 11.4 Å². The van der Waals surface area contributed by atoms with Crippen molar-refractivity contribution < 1.29 is 4.39 Å². The summed E-state index contributed by atoms with van der Waals surface area (Å²) in [5, 5.41) is 3.26. The topological polar surface area (TPSA) is 12.0 Å². The monoisotopic (exact) mass is 213 g/mol. The zero-order chi connectivity index (χ0) is 9.10. The van der Waals surface area contributed by atoms with Crippen molar-refractivity contribution >= 4 is 18.5 Å². The van der Waals surface area contributed by atoms with E-state index in [4.69, 9.17) is 0 Å². The van der Waals surface area contributed by atoms with Crippen LogP contribution in [0.15, 0.2) is 29.8 Å². The van der Waals surface area contributed by atoms with Gasteiger partial charge in [0.15, 0.2) is 0 Å². The maximum absolute atomic E-state index is 12.6. The van der Waals surface area contributed by atoms with Crippen LogP contribution in [0.4, 0.5) is 4.39 Å². The van der Waals surface area contributed by atoms with Crippen LogP contribution in [0.25, 0.3) is 6.08 Å². The van der Waals surface area contributed by atoms with Gasteiger partial charge in [-0.25, -0.2) is 4.39 Å². The summed E-state index contributed by atoms with van der Waals surface area (Å²) < 4.78 is 12.6. The molecule has 3 heteroatoms. The standard InChI is InChI=1S/C11H12FN.ClH/c12-11-3-1-9(2-4-11)7-10-5-6-13-8-10;/h1-4,7,13H,5-6,8H2;1H. The minimum absolute atomic E-state index is 0. The molecule has 1 nitrogen and oxygen atoms in total. The Labute approximate surface area is 89.4 Å². The third-order valence-electron chi connectivity index (χ3n) is 2.22. The number of halogens is 2. The predicted molar refractivity (Wildman–Crippen MR) is 59.1 cm³/mol. The summed E-state index contributed by atoms with van der Waals surface area (Å²) in [6.45, 7) is 2.03. The smallest absolute Gasteiger partial charge is 0.123 e. The number of hydrogen-bond donors (Lipinski definition) is 1. The molecule has 14 heavy (non-hydrogen) atoms. The summed E-state index contributed by atoms with van der Waals surface area (Å²) in [4.78, 5) is 0. The van der Waals surface area contributed by atoms with Gasteiger partial charge in [0.1, 0.15) is 5.82 Å². The van der Waals surface area contributed by atoms with Crippen molar-refractivity contribution in [3.05, 3.63) is 41.2 Å². The Morgan fingerprint density at radius 2 is 1.93 bits per heavy atom. The fourth-order valence-corrected chi connectivity index (χ4v) is 1.50. The van der Waals surface area contributed by atoms with E-state index in [0.717, 1.165) is 25.1 Å². The molecule has 1 heterocycles. The highest BCUT2D eigenvalue weighted by molar-refractivity contribution is 5.85. The third-order valence-corrected chi connectivity index (χ3v) is 2.22. The van der Waals surface area contributed by atoms with Gasteiger partial charge in [-0.1, -0.05) is 23.8 Å². The van der Waals surface area contributed by atoms with Crippen LogP contribution in [0.5, 0.6) is 0 Å². The fraction of sp³-hybridized carbons (Fsp3) is 0.273. The molecule has 1 aromatic rings. The van der Waals surface area contributed by atoms with Gasteiger partial charge in [-0.2, -0.15) is 0 Å². The molecule has 2 rings (SSSR count). The quantitative estimate of drug-likeness (QED) is 0.756. The van der Waals surface area contributed by atoms with Gasteiger partial charge in [0.2, 0.25) is 0 Å². The summed E-state index contributed by atoms with van der Waals surface area (Å²) >= 11 is 0. The fourth-order valence-electron chi connectivity index (χ4n) is 1.50. The molecule has 0 atom stereocenters. The molecule has 1 aliphatic heterocycles. The van der Waals surface area contributed by atoms with Crippen LogP contribution in [0.1, 0.15) is 12.0 Å². The Balaban J connectivity index is 0.000000980. The second-order valence-corrected chi connectivity index (χ2v) is 3.28. The molecule has 1 N–H and O–H groups in total. The zero-order valence-corrected chi connectivity index (χ0v) is 8.61. The average molecular weight is 214 g/mol. The van der Waals surface area contributed by atoms with Crippen molar-refractivity contribution in [3.8, 4) is 0 Å². The van der Waals surface area contributed by atoms with Crippen LogP contribution in [0.2, 0.25) is 0 Å². The number of nitrogens with one attached hydrogen (secondary N) is 1. The Bertz CT molecular complexity index is 311. The lowest BCUT2D eigenvalue weighted by Gasteiger charge is -1.96. The molecule has 0 bridgehead atoms. The van der Waals surface area contributed by atoms with E-state index in [-0.39, 0.29) is 18.2 Å². The minimum Gasteiger partial charge on any atom is -0.313 e. The summed E-state index contributed by atoms with van der Waals surface area (Å²) in [6, 6.07) is 6.60. The Hall–Kier alpha value is -0.860. The van der Waals surface area contributed by atoms with Crippen LogP contribution in [0.3, 0.4) is 0 Å². The molecule has 0 aromatic heterocycles. The molecule has 0 unspecified atom stereocenters. The summed E-state index contributed by atoms with van der Waals surface area (Å²) in [5.74, 6) is -0.174. The molecule has 76 valence electrons. The van der Waals surface area contributed by atoms with E-state index in [1.165, 1.54) is 17.7 Å². The number of hydrogen-bond acceptors (Lipinski definition) is 1. The number of rotatable bonds is 1. The van der Waals surface area contributed by atoms with Crippen molar-refractivity contribution in [2.24, 2.45) is 0 Å². The maximum Gasteiger partial charge on any atom is 0.123 e. The van der Waals surface area contributed by atoms with Gasteiger partial charge in [0.25, 0.3) is 0 Å². The van der Waals surface area contributed by atoms with E-state index in [1.54, 1.807) is 12.1 Å². The van der Waals surface area contributed by atoms with Crippen LogP contribution in [-0.2, 0) is 0 Å². The van der Waals surface area contributed by atoms with Gasteiger partial charge in [0.05, 0.1) is 0 Å². The molecule has 0 saturated carbocycles. The first kappa shape index (κ1) is 11.2. The molecule has 1 aliphatic rings. The third kappa shape index (κ3) is 2.82. The molecule has 0 radical (unpaired) electrons. The molecular weight excluding hydrogens is 201 g/mol. The molecule has 1 aromatic carbocycles. The molecular formula is C11H13ClFN. The molecule has 0 amide bonds. The van der Waals surface area contributed by atoms with E-state index in [9.17, 15) is 4.39 Å². The second-order valence-electron chi connectivity index (χ2n) is 3.28. The summed E-state index contributed by atoms with van der Waals surface area (Å²) in [5.41, 5.74) is 2.48. The first-order valence-electron chi connectivity index (χ1n) is 4.50. The highest BCUT2D eigenvalue weighted by atomic mass is 35.5. The van der Waals surface area contributed by atoms with Gasteiger partial charge < -0.3 is 5.32 Å². The molecule has 0 spiro atoms. The van der Waals surface area contributed by atoms with Gasteiger partial charge >= 0.3 is 0 Å². The van der Waals surface area contributed by atoms with E-state index >= 15 is 0 Å². The summed E-state index contributed by atoms with van der Waals surface area (Å²) in [7, 11) is 0. The van der Waals surface area contributed by atoms with E-state index in [1.807, 2.05) is 0 Å². The average Bonchev–Trinajstić information content (AvgIpc) is 2.62. The lowest BCUT2D eigenvalue weighted by Crippen LogP contribution is -2.04. The Morgan fingerprint density at radius 1 is 1.21 bits per heavy atom. The van der Waals surface area contributed by atoms with E-state index in [0.29, 0.717) is 0 Å². The van der Waals surface area contributed by atoms with Gasteiger partial charge in [-0.3, -0.25) is 0 Å². The largest absolute Gasteiger partial charge is 0.313 e. The lowest BCUT2D eigenvalue weighted by molar-refractivity contribution is 0.628. The zero-order valence-electron chi connectivity index (χ0n) is 7.79. The van der Waals surface area contributed by atoms with Crippen molar-refractivity contribution in [1.82, 2.24) is 5.32 Å². The van der Waals surface area contributed by atoms with Crippen molar-refractivity contribution in [2.45, 2.75) is 6.42 Å². The van der Waals surface area contributed by atoms with Gasteiger partial charge in [-0.15, -0.1) is 12.4 Å². The molecule has 1 saturated heterocycles. The first-order chi connectivity index (χ1) is 6.34. The second kappa shape index (κ2) is 5.13. The molecule has 1 fully saturated rings.